The fourth-order valence-electron chi connectivity index (χ4n) is 8.91. The predicted molar refractivity (Wildman–Crippen MR) is 226 cm³/mol. The average molecular weight is 687 g/mol. The Kier molecular flexibility index (Phi) is 6.02. The van der Waals surface area contributed by atoms with E-state index in [1.165, 1.54) is 65.3 Å². The summed E-state index contributed by atoms with van der Waals surface area (Å²) in [6, 6.07) is 65.4. The van der Waals surface area contributed by atoms with Gasteiger partial charge in [0.25, 0.3) is 0 Å². The zero-order valence-corrected chi connectivity index (χ0v) is 29.1. The van der Waals surface area contributed by atoms with E-state index in [1.807, 2.05) is 0 Å². The van der Waals surface area contributed by atoms with Gasteiger partial charge in [0.05, 0.1) is 38.8 Å². The van der Waals surface area contributed by atoms with E-state index in [0.29, 0.717) is 5.95 Å². The van der Waals surface area contributed by atoms with Crippen LogP contribution in [0, 0.1) is 0 Å². The van der Waals surface area contributed by atoms with Crippen LogP contribution >= 0.6 is 0 Å². The molecule has 0 N–H and O–H groups in total. The number of pyridine rings is 1. The molecule has 4 heterocycles. The average Bonchev–Trinajstić information content (AvgIpc) is 3.80. The van der Waals surface area contributed by atoms with Gasteiger partial charge in [-0.1, -0.05) is 152 Å². The van der Waals surface area contributed by atoms with Gasteiger partial charge in [-0.15, -0.1) is 0 Å². The van der Waals surface area contributed by atoms with E-state index in [4.69, 9.17) is 9.97 Å². The highest BCUT2D eigenvalue weighted by atomic mass is 15.2. The Bertz CT molecular complexity index is 3490. The molecule has 0 saturated heterocycles. The Labute approximate surface area is 309 Å². The summed E-state index contributed by atoms with van der Waals surface area (Å²) in [5.41, 5.74) is 11.0. The van der Waals surface area contributed by atoms with Crippen LogP contribution in [0.4, 0.5) is 0 Å². The van der Waals surface area contributed by atoms with Crippen LogP contribution in [-0.4, -0.2) is 18.9 Å². The van der Waals surface area contributed by atoms with Gasteiger partial charge < -0.3 is 4.40 Å². The van der Waals surface area contributed by atoms with Crippen LogP contribution in [0.3, 0.4) is 0 Å². The third-order valence-electron chi connectivity index (χ3n) is 11.3. The van der Waals surface area contributed by atoms with E-state index in [2.05, 4.69) is 191 Å². The van der Waals surface area contributed by atoms with Crippen molar-refractivity contribution in [1.29, 1.82) is 0 Å². The molecule has 0 bridgehead atoms. The van der Waals surface area contributed by atoms with Crippen LogP contribution in [0.15, 0.2) is 182 Å². The van der Waals surface area contributed by atoms with Crippen molar-refractivity contribution in [2.45, 2.75) is 0 Å². The Morgan fingerprint density at radius 1 is 0.352 bits per heavy atom. The summed E-state index contributed by atoms with van der Waals surface area (Å²) in [6.45, 7) is 0. The van der Waals surface area contributed by atoms with Gasteiger partial charge in [0.15, 0.2) is 0 Å². The molecule has 0 saturated carbocycles. The van der Waals surface area contributed by atoms with Gasteiger partial charge in [-0.2, -0.15) is 0 Å². The largest absolute Gasteiger partial charge is 0.309 e. The summed E-state index contributed by atoms with van der Waals surface area (Å²) >= 11 is 0. The first-order chi connectivity index (χ1) is 26.8. The molecule has 8 aromatic carbocycles. The highest BCUT2D eigenvalue weighted by Gasteiger charge is 2.21. The molecule has 0 aliphatic heterocycles. The lowest BCUT2D eigenvalue weighted by molar-refractivity contribution is 1.02. The van der Waals surface area contributed by atoms with E-state index in [-0.39, 0.29) is 0 Å². The highest BCUT2D eigenvalue weighted by Crippen LogP contribution is 2.41. The summed E-state index contributed by atoms with van der Waals surface area (Å²) in [6.07, 6.45) is 0. The van der Waals surface area contributed by atoms with E-state index in [9.17, 15) is 0 Å². The maximum absolute atomic E-state index is 5.47. The second-order valence-corrected chi connectivity index (χ2v) is 14.2. The summed E-state index contributed by atoms with van der Waals surface area (Å²) in [7, 11) is 0. The predicted octanol–water partition coefficient (Wildman–Crippen LogP) is 12.9. The third-order valence-corrected chi connectivity index (χ3v) is 11.3. The quantitative estimate of drug-likeness (QED) is 0.173. The topological polar surface area (TPSA) is 35.1 Å². The summed E-state index contributed by atoms with van der Waals surface area (Å²) in [5, 5.41) is 10.8. The summed E-state index contributed by atoms with van der Waals surface area (Å²) < 4.78 is 4.72. The highest BCUT2D eigenvalue weighted by molar-refractivity contribution is 6.22. The van der Waals surface area contributed by atoms with Gasteiger partial charge in [0.1, 0.15) is 0 Å². The first-order valence-corrected chi connectivity index (χ1v) is 18.4. The van der Waals surface area contributed by atoms with Gasteiger partial charge >= 0.3 is 0 Å². The maximum atomic E-state index is 5.47. The van der Waals surface area contributed by atoms with Crippen molar-refractivity contribution in [2.75, 3.05) is 0 Å². The minimum Gasteiger partial charge on any atom is -0.309 e. The van der Waals surface area contributed by atoms with Crippen molar-refractivity contribution in [3.63, 3.8) is 0 Å². The molecule has 4 nitrogen and oxygen atoms in total. The number of hydrogen-bond acceptors (Lipinski definition) is 2. The summed E-state index contributed by atoms with van der Waals surface area (Å²) in [5.74, 6) is 0.658. The monoisotopic (exact) mass is 686 g/mol. The first-order valence-electron chi connectivity index (χ1n) is 18.4. The Balaban J connectivity index is 1.14. The van der Waals surface area contributed by atoms with Crippen LogP contribution in [0.25, 0.3) is 110 Å². The number of nitrogens with zero attached hydrogens (tertiary/aromatic N) is 4. The number of aromatic nitrogens is 4. The van der Waals surface area contributed by atoms with E-state index >= 15 is 0 Å². The van der Waals surface area contributed by atoms with Crippen molar-refractivity contribution in [2.24, 2.45) is 0 Å². The van der Waals surface area contributed by atoms with E-state index < -0.39 is 0 Å². The zero-order chi connectivity index (χ0) is 35.3. The standard InChI is InChI=1S/C50H30N4/c1-2-14-34-31(12-1)13-11-20-35(34)32-24-26-33(27-25-32)48-41-19-5-8-21-43(41)51-50(52-48)54-45-23-10-7-18-39(45)40-28-29-46-42(49(40)54)30-47-38-17-4-3-15-36(38)37-16-6-9-22-44(37)53(46)47/h1-30H. The smallest absolute Gasteiger partial charge is 0.235 e. The Morgan fingerprint density at radius 2 is 0.944 bits per heavy atom. The molecule has 4 heteroatoms. The normalized spacial score (nSPS) is 12.1. The SMILES string of the molecule is c1ccc2c(-c3ccc(-c4nc(-n5c6ccccc6c6ccc7c(cc8c9ccccc9c9ccccc9n87)c65)nc5ccccc45)cc3)cccc2c1. The van der Waals surface area contributed by atoms with Gasteiger partial charge in [0, 0.05) is 37.9 Å². The minimum atomic E-state index is 0.658. The van der Waals surface area contributed by atoms with E-state index in [1.54, 1.807) is 0 Å². The molecule has 4 aromatic heterocycles. The molecule has 0 unspecified atom stereocenters. The molecule has 0 amide bonds. The van der Waals surface area contributed by atoms with Crippen molar-refractivity contribution < 1.29 is 0 Å². The van der Waals surface area contributed by atoms with Crippen LogP contribution in [0.5, 0.6) is 0 Å². The van der Waals surface area contributed by atoms with Crippen LogP contribution in [0.2, 0.25) is 0 Å². The molecule has 0 atom stereocenters. The second kappa shape index (κ2) is 11.1. The van der Waals surface area contributed by atoms with Crippen molar-refractivity contribution in [1.82, 2.24) is 18.9 Å². The number of hydrogen-bond donors (Lipinski definition) is 0. The lowest BCUT2D eigenvalue weighted by Crippen LogP contribution is -2.03. The van der Waals surface area contributed by atoms with Gasteiger partial charge in [-0.3, -0.25) is 4.57 Å². The van der Waals surface area contributed by atoms with Gasteiger partial charge in [0.2, 0.25) is 5.95 Å². The fourth-order valence-corrected chi connectivity index (χ4v) is 8.91. The maximum Gasteiger partial charge on any atom is 0.235 e. The summed E-state index contributed by atoms with van der Waals surface area (Å²) in [4.78, 5) is 10.8. The molecule has 12 aromatic rings. The van der Waals surface area contributed by atoms with Crippen molar-refractivity contribution >= 4 is 81.6 Å². The number of fused-ring (bicyclic) bond motifs is 14. The van der Waals surface area contributed by atoms with Crippen LogP contribution in [0.1, 0.15) is 0 Å². The number of para-hydroxylation sites is 3. The zero-order valence-electron chi connectivity index (χ0n) is 29.1. The molecule has 0 spiro atoms. The molecule has 54 heavy (non-hydrogen) atoms. The van der Waals surface area contributed by atoms with Gasteiger partial charge in [-0.25, -0.2) is 9.97 Å². The molecule has 12 rings (SSSR count). The molecule has 0 fully saturated rings. The lowest BCUT2D eigenvalue weighted by atomic mass is 9.96. The van der Waals surface area contributed by atoms with Gasteiger partial charge in [-0.05, 0) is 57.6 Å². The lowest BCUT2D eigenvalue weighted by Gasteiger charge is -2.13. The minimum absolute atomic E-state index is 0.658. The first kappa shape index (κ1) is 29.3. The number of benzene rings is 8. The van der Waals surface area contributed by atoms with Crippen LogP contribution in [-0.2, 0) is 0 Å². The Morgan fingerprint density at radius 3 is 1.76 bits per heavy atom. The molecule has 250 valence electrons. The molecule has 0 aliphatic rings. The van der Waals surface area contributed by atoms with Crippen molar-refractivity contribution in [3.05, 3.63) is 182 Å². The fraction of sp³-hybridized carbons (Fsp3) is 0. The van der Waals surface area contributed by atoms with Crippen LogP contribution < -0.4 is 0 Å². The number of rotatable bonds is 3. The molecular formula is C50H30N4. The third kappa shape index (κ3) is 4.08. The second-order valence-electron chi connectivity index (χ2n) is 14.2. The molecular weight excluding hydrogens is 657 g/mol. The molecule has 0 radical (unpaired) electrons. The Hall–Kier alpha value is -7.30. The molecule has 0 aliphatic carbocycles. The van der Waals surface area contributed by atoms with E-state index in [0.717, 1.165) is 38.7 Å². The van der Waals surface area contributed by atoms with Crippen molar-refractivity contribution in [3.8, 4) is 28.3 Å².